The predicted octanol–water partition coefficient (Wildman–Crippen LogP) is 5.49. The van der Waals surface area contributed by atoms with Gasteiger partial charge in [0.2, 0.25) is 5.91 Å². The number of H-pyrrole nitrogens is 1. The summed E-state index contributed by atoms with van der Waals surface area (Å²) in [4.78, 5) is 17.9. The van der Waals surface area contributed by atoms with Gasteiger partial charge < -0.3 is 9.88 Å². The van der Waals surface area contributed by atoms with Crippen LogP contribution in [0, 0.1) is 18.6 Å². The minimum atomic E-state index is -0.892. The van der Waals surface area contributed by atoms with E-state index in [4.69, 9.17) is 0 Å². The summed E-state index contributed by atoms with van der Waals surface area (Å²) >= 11 is 0. The second-order valence-corrected chi connectivity index (χ2v) is 10.1. The van der Waals surface area contributed by atoms with Crippen LogP contribution < -0.4 is 0 Å². The highest BCUT2D eigenvalue weighted by atomic mass is 19.2. The molecular weight excluding hydrogens is 458 g/mol. The number of aromatic amines is 1. The first-order valence-electron chi connectivity index (χ1n) is 12.9. The Kier molecular flexibility index (Phi) is 7.21. The number of likely N-dealkylation sites (tertiary alicyclic amines) is 1. The van der Waals surface area contributed by atoms with Crippen LogP contribution in [0.4, 0.5) is 8.78 Å². The second-order valence-electron chi connectivity index (χ2n) is 10.1. The first kappa shape index (κ1) is 24.7. The van der Waals surface area contributed by atoms with Gasteiger partial charge >= 0.3 is 0 Å². The number of aromatic nitrogens is 1. The molecule has 0 aliphatic carbocycles. The number of piperidine rings is 2. The summed E-state index contributed by atoms with van der Waals surface area (Å²) in [6.45, 7) is 4.98. The summed E-state index contributed by atoms with van der Waals surface area (Å²) in [5.41, 5.74) is 3.37. The number of rotatable bonds is 5. The van der Waals surface area contributed by atoms with Crippen molar-refractivity contribution in [2.75, 3.05) is 33.2 Å². The number of para-hydroxylation sites is 1. The molecule has 2 fully saturated rings. The van der Waals surface area contributed by atoms with Gasteiger partial charge in [0.25, 0.3) is 0 Å². The molecule has 5 nitrogen and oxygen atoms in total. The first-order valence-corrected chi connectivity index (χ1v) is 12.9. The highest BCUT2D eigenvalue weighted by Gasteiger charge is 2.30. The highest BCUT2D eigenvalue weighted by Crippen LogP contribution is 2.34. The summed E-state index contributed by atoms with van der Waals surface area (Å²) in [7, 11) is 2.18. The zero-order valence-corrected chi connectivity index (χ0v) is 21.0. The standard InChI is InChI=1S/C29H34F2N4O/c1-20-17-21(18-26(30)29(20)31)7-8-28(36)34-13-11-23(12-14-34)33(2)35-15-9-22(10-16-35)25-19-32-27-6-4-3-5-24(25)27/h3-8,17-19,22-23,32H,9-16H2,1-2H3/b8-7+. The quantitative estimate of drug-likeness (QED) is 0.480. The van der Waals surface area contributed by atoms with Crippen molar-refractivity contribution in [3.05, 3.63) is 77.0 Å². The zero-order valence-electron chi connectivity index (χ0n) is 21.0. The van der Waals surface area contributed by atoms with Crippen LogP contribution in [0.15, 0.2) is 48.7 Å². The van der Waals surface area contributed by atoms with Crippen LogP contribution in [-0.4, -0.2) is 65.1 Å². The lowest BCUT2D eigenvalue weighted by Crippen LogP contribution is -2.53. The molecule has 1 N–H and O–H groups in total. The molecule has 5 rings (SSSR count). The van der Waals surface area contributed by atoms with E-state index in [1.165, 1.54) is 29.5 Å². The van der Waals surface area contributed by atoms with Crippen LogP contribution in [0.3, 0.4) is 0 Å². The minimum Gasteiger partial charge on any atom is -0.361 e. The van der Waals surface area contributed by atoms with Crippen molar-refractivity contribution in [1.82, 2.24) is 19.9 Å². The van der Waals surface area contributed by atoms with Gasteiger partial charge in [0.1, 0.15) is 0 Å². The Morgan fingerprint density at radius 3 is 2.50 bits per heavy atom. The number of hydrazine groups is 1. The molecule has 0 spiro atoms. The van der Waals surface area contributed by atoms with Gasteiger partial charge in [-0.25, -0.2) is 18.8 Å². The number of hydrogen-bond acceptors (Lipinski definition) is 3. The average Bonchev–Trinajstić information content (AvgIpc) is 3.34. The maximum Gasteiger partial charge on any atom is 0.246 e. The van der Waals surface area contributed by atoms with Gasteiger partial charge in [-0.05, 0) is 79.5 Å². The average molecular weight is 493 g/mol. The lowest BCUT2D eigenvalue weighted by Gasteiger charge is -2.44. The van der Waals surface area contributed by atoms with Crippen molar-refractivity contribution >= 4 is 22.9 Å². The fraction of sp³-hybridized carbons (Fsp3) is 0.414. The molecular formula is C29H34F2N4O. The van der Waals surface area contributed by atoms with Crippen molar-refractivity contribution in [2.24, 2.45) is 0 Å². The molecule has 36 heavy (non-hydrogen) atoms. The molecule has 2 saturated heterocycles. The van der Waals surface area contributed by atoms with E-state index in [0.717, 1.165) is 44.8 Å². The Labute approximate surface area is 211 Å². The molecule has 0 unspecified atom stereocenters. The van der Waals surface area contributed by atoms with Crippen molar-refractivity contribution in [2.45, 2.75) is 44.6 Å². The van der Waals surface area contributed by atoms with Crippen molar-refractivity contribution in [3.8, 4) is 0 Å². The number of carbonyl (C=O) groups is 1. The number of nitrogens with one attached hydrogen (secondary N) is 1. The molecule has 0 bridgehead atoms. The molecule has 0 atom stereocenters. The number of hydrogen-bond donors (Lipinski definition) is 1. The first-order chi connectivity index (χ1) is 17.4. The highest BCUT2D eigenvalue weighted by molar-refractivity contribution is 5.91. The van der Waals surface area contributed by atoms with Crippen LogP contribution in [0.1, 0.15) is 48.3 Å². The molecule has 2 aromatic carbocycles. The predicted molar refractivity (Wildman–Crippen MR) is 139 cm³/mol. The Bertz CT molecular complexity index is 1230. The topological polar surface area (TPSA) is 42.6 Å². The van der Waals surface area contributed by atoms with Crippen LogP contribution in [0.25, 0.3) is 17.0 Å². The van der Waals surface area contributed by atoms with Gasteiger partial charge in [0.15, 0.2) is 11.6 Å². The SMILES string of the molecule is Cc1cc(/C=C/C(=O)N2CCC(N(C)N3CCC(c4c[nH]c5ccccc45)CC3)CC2)cc(F)c1F. The molecule has 0 radical (unpaired) electrons. The van der Waals surface area contributed by atoms with E-state index in [1.54, 1.807) is 12.1 Å². The van der Waals surface area contributed by atoms with Crippen LogP contribution >= 0.6 is 0 Å². The third kappa shape index (κ3) is 5.08. The van der Waals surface area contributed by atoms with E-state index in [-0.39, 0.29) is 11.5 Å². The van der Waals surface area contributed by atoms with E-state index in [0.29, 0.717) is 30.6 Å². The molecule has 190 valence electrons. The van der Waals surface area contributed by atoms with Gasteiger partial charge in [0.05, 0.1) is 0 Å². The van der Waals surface area contributed by atoms with Gasteiger partial charge in [0, 0.05) is 62.4 Å². The number of halogens is 2. The lowest BCUT2D eigenvalue weighted by molar-refractivity contribution is -0.129. The van der Waals surface area contributed by atoms with Crippen LogP contribution in [-0.2, 0) is 4.79 Å². The fourth-order valence-corrected chi connectivity index (χ4v) is 5.74. The van der Waals surface area contributed by atoms with E-state index in [2.05, 4.69) is 52.5 Å². The van der Waals surface area contributed by atoms with E-state index in [9.17, 15) is 13.6 Å². The minimum absolute atomic E-state index is 0.0852. The molecule has 0 saturated carbocycles. The number of benzene rings is 2. The fourth-order valence-electron chi connectivity index (χ4n) is 5.74. The lowest BCUT2D eigenvalue weighted by atomic mass is 9.89. The Hall–Kier alpha value is -3.03. The monoisotopic (exact) mass is 492 g/mol. The number of nitrogens with zero attached hydrogens (tertiary/aromatic N) is 3. The molecule has 3 heterocycles. The number of amides is 1. The van der Waals surface area contributed by atoms with Crippen LogP contribution in [0.2, 0.25) is 0 Å². The largest absolute Gasteiger partial charge is 0.361 e. The zero-order chi connectivity index (χ0) is 25.2. The summed E-state index contributed by atoms with van der Waals surface area (Å²) < 4.78 is 27.1. The molecule has 2 aliphatic rings. The third-order valence-corrected chi connectivity index (χ3v) is 7.93. The number of aryl methyl sites for hydroxylation is 1. The van der Waals surface area contributed by atoms with Crippen molar-refractivity contribution in [3.63, 3.8) is 0 Å². The second kappa shape index (κ2) is 10.5. The van der Waals surface area contributed by atoms with E-state index >= 15 is 0 Å². The summed E-state index contributed by atoms with van der Waals surface area (Å²) in [5, 5.41) is 6.21. The van der Waals surface area contributed by atoms with E-state index in [1.807, 2.05) is 4.90 Å². The van der Waals surface area contributed by atoms with Crippen LogP contribution in [0.5, 0.6) is 0 Å². The Morgan fingerprint density at radius 2 is 1.78 bits per heavy atom. The molecule has 1 aromatic heterocycles. The molecule has 2 aliphatic heterocycles. The smallest absolute Gasteiger partial charge is 0.246 e. The number of carbonyl (C=O) groups excluding carboxylic acids is 1. The summed E-state index contributed by atoms with van der Waals surface area (Å²) in [6, 6.07) is 11.6. The maximum atomic E-state index is 13.6. The molecule has 7 heteroatoms. The van der Waals surface area contributed by atoms with Gasteiger partial charge in [-0.3, -0.25) is 4.79 Å². The number of fused-ring (bicyclic) bond motifs is 1. The summed E-state index contributed by atoms with van der Waals surface area (Å²) in [5.74, 6) is -1.24. The molecule has 3 aromatic rings. The maximum absolute atomic E-state index is 13.6. The third-order valence-electron chi connectivity index (χ3n) is 7.93. The van der Waals surface area contributed by atoms with Crippen molar-refractivity contribution < 1.29 is 13.6 Å². The van der Waals surface area contributed by atoms with Crippen molar-refractivity contribution in [1.29, 1.82) is 0 Å². The van der Waals surface area contributed by atoms with Gasteiger partial charge in [-0.1, -0.05) is 18.2 Å². The molecule has 1 amide bonds. The van der Waals surface area contributed by atoms with Gasteiger partial charge in [-0.15, -0.1) is 0 Å². The normalized spacial score (nSPS) is 18.6. The van der Waals surface area contributed by atoms with Gasteiger partial charge in [-0.2, -0.15) is 0 Å². The Morgan fingerprint density at radius 1 is 1.06 bits per heavy atom. The summed E-state index contributed by atoms with van der Waals surface area (Å²) in [6.07, 6.45) is 9.32. The van der Waals surface area contributed by atoms with E-state index < -0.39 is 11.6 Å². The Balaban J connectivity index is 1.11.